The first-order valence-electron chi connectivity index (χ1n) is 10.2. The molecule has 2 aliphatic heterocycles. The number of aryl methyl sites for hydroxylation is 1. The second-order valence-electron chi connectivity index (χ2n) is 7.60. The molecule has 0 radical (unpaired) electrons. The normalized spacial score (nSPS) is 20.0. The fourth-order valence-corrected chi connectivity index (χ4v) is 4.94. The molecular formula is C23H24N4O2S. The molecule has 1 N–H and O–H groups in total. The molecule has 2 aliphatic rings. The van der Waals surface area contributed by atoms with E-state index < -0.39 is 0 Å². The van der Waals surface area contributed by atoms with Crippen LogP contribution in [0.4, 0.5) is 5.69 Å². The molecule has 3 aromatic rings. The van der Waals surface area contributed by atoms with Crippen molar-refractivity contribution in [3.05, 3.63) is 71.3 Å². The van der Waals surface area contributed by atoms with Crippen molar-refractivity contribution >= 4 is 23.0 Å². The van der Waals surface area contributed by atoms with Crippen molar-refractivity contribution in [3.8, 4) is 11.5 Å². The maximum Gasteiger partial charge on any atom is 0.231 e. The number of thiocarbonyl (C=S) groups is 1. The van der Waals surface area contributed by atoms with Gasteiger partial charge in [0.2, 0.25) is 6.79 Å². The van der Waals surface area contributed by atoms with Crippen molar-refractivity contribution in [2.24, 2.45) is 0 Å². The third-order valence-electron chi connectivity index (χ3n) is 5.98. The van der Waals surface area contributed by atoms with Crippen LogP contribution in [0, 0.1) is 13.8 Å². The minimum Gasteiger partial charge on any atom is -0.454 e. The zero-order chi connectivity index (χ0) is 20.8. The van der Waals surface area contributed by atoms with Crippen LogP contribution in [-0.4, -0.2) is 21.5 Å². The number of anilines is 1. The lowest BCUT2D eigenvalue weighted by atomic mass is 9.96. The average molecular weight is 421 g/mol. The Morgan fingerprint density at radius 3 is 2.70 bits per heavy atom. The van der Waals surface area contributed by atoms with Crippen LogP contribution in [0.5, 0.6) is 11.5 Å². The summed E-state index contributed by atoms with van der Waals surface area (Å²) in [6, 6.07) is 14.2. The lowest BCUT2D eigenvalue weighted by molar-refractivity contribution is 0.174. The van der Waals surface area contributed by atoms with E-state index in [4.69, 9.17) is 21.7 Å². The minimum atomic E-state index is -0.0603. The van der Waals surface area contributed by atoms with Gasteiger partial charge in [0.1, 0.15) is 0 Å². The van der Waals surface area contributed by atoms with Gasteiger partial charge in [-0.2, -0.15) is 0 Å². The summed E-state index contributed by atoms with van der Waals surface area (Å²) in [5.41, 5.74) is 5.68. The van der Waals surface area contributed by atoms with Gasteiger partial charge in [0.25, 0.3) is 0 Å². The van der Waals surface area contributed by atoms with E-state index in [1.54, 1.807) is 0 Å². The first-order chi connectivity index (χ1) is 14.6. The number of benzene rings is 1. The SMILES string of the molecule is CCn1c(C)cc([C@H]2[C@@H](c3ccccn3)NC(=S)N2c2ccc3c(c2)OCO3)c1C. The van der Waals surface area contributed by atoms with E-state index in [2.05, 4.69) is 52.7 Å². The highest BCUT2D eigenvalue weighted by Crippen LogP contribution is 2.45. The summed E-state index contributed by atoms with van der Waals surface area (Å²) in [6.45, 7) is 7.69. The van der Waals surface area contributed by atoms with Crippen LogP contribution in [0.15, 0.2) is 48.7 Å². The van der Waals surface area contributed by atoms with E-state index in [1.807, 2.05) is 36.5 Å². The summed E-state index contributed by atoms with van der Waals surface area (Å²) in [7, 11) is 0. The van der Waals surface area contributed by atoms with Gasteiger partial charge in [-0.3, -0.25) is 4.98 Å². The van der Waals surface area contributed by atoms with Gasteiger partial charge in [-0.05, 0) is 68.9 Å². The van der Waals surface area contributed by atoms with Crippen molar-refractivity contribution < 1.29 is 9.47 Å². The Kier molecular flexibility index (Phi) is 4.62. The van der Waals surface area contributed by atoms with Gasteiger partial charge < -0.3 is 24.3 Å². The second-order valence-corrected chi connectivity index (χ2v) is 7.99. The molecule has 4 heterocycles. The van der Waals surface area contributed by atoms with Crippen LogP contribution in [-0.2, 0) is 6.54 Å². The molecule has 1 saturated heterocycles. The van der Waals surface area contributed by atoms with E-state index in [9.17, 15) is 0 Å². The van der Waals surface area contributed by atoms with Crippen LogP contribution >= 0.6 is 12.2 Å². The largest absolute Gasteiger partial charge is 0.454 e. The number of rotatable bonds is 4. The first kappa shape index (κ1) is 18.9. The third-order valence-corrected chi connectivity index (χ3v) is 6.29. The van der Waals surface area contributed by atoms with Crippen molar-refractivity contribution in [1.29, 1.82) is 0 Å². The summed E-state index contributed by atoms with van der Waals surface area (Å²) >= 11 is 5.82. The van der Waals surface area contributed by atoms with E-state index >= 15 is 0 Å². The Morgan fingerprint density at radius 1 is 1.13 bits per heavy atom. The molecule has 0 saturated carbocycles. The van der Waals surface area contributed by atoms with Crippen molar-refractivity contribution in [1.82, 2.24) is 14.9 Å². The number of ether oxygens (including phenoxy) is 2. The monoisotopic (exact) mass is 420 g/mol. The fraction of sp³-hybridized carbons (Fsp3) is 0.304. The molecule has 1 aromatic carbocycles. The Labute approximate surface area is 181 Å². The van der Waals surface area contributed by atoms with Crippen LogP contribution in [0.1, 0.15) is 41.7 Å². The molecule has 30 heavy (non-hydrogen) atoms. The molecule has 5 rings (SSSR count). The molecule has 2 atom stereocenters. The van der Waals surface area contributed by atoms with Crippen LogP contribution in [0.3, 0.4) is 0 Å². The summed E-state index contributed by atoms with van der Waals surface area (Å²) in [5.74, 6) is 1.51. The third kappa shape index (κ3) is 2.92. The Bertz CT molecular complexity index is 1110. The molecule has 154 valence electrons. The molecule has 0 unspecified atom stereocenters. The summed E-state index contributed by atoms with van der Waals surface area (Å²) in [5, 5.41) is 4.20. The molecule has 0 bridgehead atoms. The smallest absolute Gasteiger partial charge is 0.231 e. The predicted molar refractivity (Wildman–Crippen MR) is 120 cm³/mol. The van der Waals surface area contributed by atoms with Gasteiger partial charge in [-0.1, -0.05) is 6.07 Å². The fourth-order valence-electron chi connectivity index (χ4n) is 4.60. The Balaban J connectivity index is 1.66. The number of aromatic nitrogens is 2. The van der Waals surface area contributed by atoms with Crippen LogP contribution in [0.2, 0.25) is 0 Å². The number of hydrogen-bond acceptors (Lipinski definition) is 4. The zero-order valence-electron chi connectivity index (χ0n) is 17.3. The van der Waals surface area contributed by atoms with Gasteiger partial charge in [0, 0.05) is 35.9 Å². The molecule has 1 fully saturated rings. The van der Waals surface area contributed by atoms with Gasteiger partial charge in [0.05, 0.1) is 17.8 Å². The Hall–Kier alpha value is -3.06. The summed E-state index contributed by atoms with van der Waals surface area (Å²) < 4.78 is 13.5. The van der Waals surface area contributed by atoms with Crippen LogP contribution < -0.4 is 19.7 Å². The average Bonchev–Trinajstić information content (AvgIpc) is 3.43. The molecule has 0 amide bonds. The first-order valence-corrected chi connectivity index (χ1v) is 10.6. The van der Waals surface area contributed by atoms with Gasteiger partial charge >= 0.3 is 0 Å². The predicted octanol–water partition coefficient (Wildman–Crippen LogP) is 4.43. The number of nitrogens with zero attached hydrogens (tertiary/aromatic N) is 3. The minimum absolute atomic E-state index is 0.0285. The standard InChI is InChI=1S/C23H24N4O2S/c1-4-26-14(2)11-17(15(26)3)22-21(18-7-5-6-10-24-18)25-23(30)27(22)16-8-9-19-20(12-16)29-13-28-19/h5-12,21-22H,4,13H2,1-3H3,(H,25,30)/t21-,22+/m1/s1. The Morgan fingerprint density at radius 2 is 1.97 bits per heavy atom. The molecule has 0 aliphatic carbocycles. The molecule has 2 aromatic heterocycles. The van der Waals surface area contributed by atoms with Crippen molar-refractivity contribution in [2.45, 2.75) is 39.4 Å². The highest BCUT2D eigenvalue weighted by Gasteiger charge is 2.42. The zero-order valence-corrected chi connectivity index (χ0v) is 18.1. The highest BCUT2D eigenvalue weighted by atomic mass is 32.1. The lowest BCUT2D eigenvalue weighted by Gasteiger charge is -2.28. The lowest BCUT2D eigenvalue weighted by Crippen LogP contribution is -2.29. The maximum absolute atomic E-state index is 5.82. The molecule has 0 spiro atoms. The molecular weight excluding hydrogens is 396 g/mol. The number of fused-ring (bicyclic) bond motifs is 1. The van der Waals surface area contributed by atoms with Gasteiger partial charge in [0.15, 0.2) is 16.6 Å². The topological polar surface area (TPSA) is 51.6 Å². The van der Waals surface area contributed by atoms with Crippen LogP contribution in [0.25, 0.3) is 0 Å². The van der Waals surface area contributed by atoms with E-state index in [0.717, 1.165) is 29.4 Å². The number of nitrogens with one attached hydrogen (secondary N) is 1. The summed E-state index contributed by atoms with van der Waals surface area (Å²) in [6.07, 6.45) is 1.83. The van der Waals surface area contributed by atoms with Crippen molar-refractivity contribution in [2.75, 3.05) is 11.7 Å². The number of hydrogen-bond donors (Lipinski definition) is 1. The quantitative estimate of drug-likeness (QED) is 0.631. The maximum atomic E-state index is 5.82. The van der Waals surface area contributed by atoms with E-state index in [1.165, 1.54) is 17.0 Å². The molecule has 7 heteroatoms. The number of pyridine rings is 1. The van der Waals surface area contributed by atoms with Gasteiger partial charge in [-0.15, -0.1) is 0 Å². The molecule has 6 nitrogen and oxygen atoms in total. The van der Waals surface area contributed by atoms with E-state index in [-0.39, 0.29) is 18.9 Å². The van der Waals surface area contributed by atoms with Gasteiger partial charge in [-0.25, -0.2) is 0 Å². The summed E-state index contributed by atoms with van der Waals surface area (Å²) in [4.78, 5) is 6.81. The second kappa shape index (κ2) is 7.32. The van der Waals surface area contributed by atoms with Crippen molar-refractivity contribution in [3.63, 3.8) is 0 Å². The highest BCUT2D eigenvalue weighted by molar-refractivity contribution is 7.80. The van der Waals surface area contributed by atoms with E-state index in [0.29, 0.717) is 5.11 Å².